The molecule has 0 fully saturated rings. The molecular formula is C20H28N4O. The SMILES string of the molecule is CCN(CC)C(=O)c1cc(Nc2c(C)cccc2C(C)C)nc(C)n1. The summed E-state index contributed by atoms with van der Waals surface area (Å²) >= 11 is 0. The van der Waals surface area contributed by atoms with Crippen LogP contribution in [0.2, 0.25) is 0 Å². The molecule has 1 amide bonds. The van der Waals surface area contributed by atoms with E-state index in [0.717, 1.165) is 11.3 Å². The van der Waals surface area contributed by atoms with Crippen LogP contribution in [0.4, 0.5) is 11.5 Å². The molecule has 1 heterocycles. The Labute approximate surface area is 150 Å². The van der Waals surface area contributed by atoms with Crippen LogP contribution in [0.25, 0.3) is 0 Å². The highest BCUT2D eigenvalue weighted by molar-refractivity contribution is 5.93. The maximum Gasteiger partial charge on any atom is 0.272 e. The van der Waals surface area contributed by atoms with E-state index in [1.807, 2.05) is 20.8 Å². The highest BCUT2D eigenvalue weighted by atomic mass is 16.2. The monoisotopic (exact) mass is 340 g/mol. The number of nitrogens with one attached hydrogen (secondary N) is 1. The van der Waals surface area contributed by atoms with Crippen molar-refractivity contribution in [2.45, 2.75) is 47.5 Å². The minimum atomic E-state index is -0.0626. The molecule has 0 aliphatic rings. The second-order valence-electron chi connectivity index (χ2n) is 6.48. The van der Waals surface area contributed by atoms with Gasteiger partial charge in [0.2, 0.25) is 0 Å². The van der Waals surface area contributed by atoms with E-state index in [0.29, 0.717) is 36.3 Å². The highest BCUT2D eigenvalue weighted by Crippen LogP contribution is 2.29. The molecule has 0 bridgehead atoms. The first-order valence-electron chi connectivity index (χ1n) is 8.88. The van der Waals surface area contributed by atoms with Gasteiger partial charge in [-0.25, -0.2) is 9.97 Å². The molecule has 134 valence electrons. The number of carbonyl (C=O) groups excluding carboxylic acids is 1. The van der Waals surface area contributed by atoms with Gasteiger partial charge in [0, 0.05) is 24.8 Å². The van der Waals surface area contributed by atoms with E-state index >= 15 is 0 Å². The molecule has 0 atom stereocenters. The number of aryl methyl sites for hydroxylation is 2. The molecule has 2 rings (SSSR count). The lowest BCUT2D eigenvalue weighted by atomic mass is 9.98. The summed E-state index contributed by atoms with van der Waals surface area (Å²) in [5.74, 6) is 1.56. The van der Waals surface area contributed by atoms with E-state index in [9.17, 15) is 4.79 Å². The van der Waals surface area contributed by atoms with Gasteiger partial charge in [0.25, 0.3) is 5.91 Å². The predicted molar refractivity (Wildman–Crippen MR) is 103 cm³/mol. The highest BCUT2D eigenvalue weighted by Gasteiger charge is 2.17. The molecule has 0 spiro atoms. The smallest absolute Gasteiger partial charge is 0.272 e. The van der Waals surface area contributed by atoms with Gasteiger partial charge < -0.3 is 10.2 Å². The van der Waals surface area contributed by atoms with Crippen LogP contribution in [0, 0.1) is 13.8 Å². The summed E-state index contributed by atoms with van der Waals surface area (Å²) in [4.78, 5) is 23.2. The fourth-order valence-electron chi connectivity index (χ4n) is 2.88. The molecule has 0 radical (unpaired) electrons. The molecule has 25 heavy (non-hydrogen) atoms. The van der Waals surface area contributed by atoms with Crippen molar-refractivity contribution in [1.29, 1.82) is 0 Å². The van der Waals surface area contributed by atoms with Crippen molar-refractivity contribution >= 4 is 17.4 Å². The number of hydrogen-bond acceptors (Lipinski definition) is 4. The Morgan fingerprint density at radius 2 is 1.84 bits per heavy atom. The molecule has 0 aliphatic heterocycles. The van der Waals surface area contributed by atoms with Crippen molar-refractivity contribution in [3.63, 3.8) is 0 Å². The lowest BCUT2D eigenvalue weighted by Crippen LogP contribution is -2.31. The molecule has 0 saturated heterocycles. The largest absolute Gasteiger partial charge is 0.340 e. The Morgan fingerprint density at radius 3 is 2.44 bits per heavy atom. The summed E-state index contributed by atoms with van der Waals surface area (Å²) in [6.07, 6.45) is 0. The first-order chi connectivity index (χ1) is 11.9. The quantitative estimate of drug-likeness (QED) is 0.844. The van der Waals surface area contributed by atoms with Gasteiger partial charge in [0.15, 0.2) is 0 Å². The number of nitrogens with zero attached hydrogens (tertiary/aromatic N) is 3. The van der Waals surface area contributed by atoms with Gasteiger partial charge in [-0.2, -0.15) is 0 Å². The standard InChI is InChI=1S/C20H28N4O/c1-7-24(8-2)20(25)17-12-18(22-15(6)21-17)23-19-14(5)10-9-11-16(19)13(3)4/h9-13H,7-8H2,1-6H3,(H,21,22,23). The predicted octanol–water partition coefficient (Wildman–Crippen LogP) is 4.44. The van der Waals surface area contributed by atoms with Crippen LogP contribution in [-0.2, 0) is 0 Å². The van der Waals surface area contributed by atoms with Gasteiger partial charge in [0.1, 0.15) is 17.3 Å². The van der Waals surface area contributed by atoms with Crippen LogP contribution in [0.5, 0.6) is 0 Å². The number of para-hydroxylation sites is 1. The van der Waals surface area contributed by atoms with Gasteiger partial charge in [-0.3, -0.25) is 4.79 Å². The second kappa shape index (κ2) is 8.10. The molecule has 5 heteroatoms. The molecule has 0 saturated carbocycles. The summed E-state index contributed by atoms with van der Waals surface area (Å²) in [7, 11) is 0. The fourth-order valence-corrected chi connectivity index (χ4v) is 2.88. The van der Waals surface area contributed by atoms with Crippen LogP contribution < -0.4 is 5.32 Å². The van der Waals surface area contributed by atoms with Crippen molar-refractivity contribution in [2.75, 3.05) is 18.4 Å². The van der Waals surface area contributed by atoms with E-state index in [4.69, 9.17) is 0 Å². The molecular weight excluding hydrogens is 312 g/mol. The zero-order valence-electron chi connectivity index (χ0n) is 16.1. The first kappa shape index (κ1) is 18.9. The fraction of sp³-hybridized carbons (Fsp3) is 0.450. The summed E-state index contributed by atoms with van der Waals surface area (Å²) in [5, 5.41) is 3.41. The number of hydrogen-bond donors (Lipinski definition) is 1. The Hall–Kier alpha value is -2.43. The number of aromatic nitrogens is 2. The Bertz CT molecular complexity index is 751. The molecule has 0 unspecified atom stereocenters. The summed E-state index contributed by atoms with van der Waals surface area (Å²) in [6.45, 7) is 13.5. The second-order valence-corrected chi connectivity index (χ2v) is 6.48. The number of carbonyl (C=O) groups is 1. The van der Waals surface area contributed by atoms with Gasteiger partial charge >= 0.3 is 0 Å². The maximum atomic E-state index is 12.6. The molecule has 5 nitrogen and oxygen atoms in total. The molecule has 2 aromatic rings. The zero-order chi connectivity index (χ0) is 18.6. The van der Waals surface area contributed by atoms with Crippen LogP contribution >= 0.6 is 0 Å². The summed E-state index contributed by atoms with van der Waals surface area (Å²) in [6, 6.07) is 8.00. The van der Waals surface area contributed by atoms with Gasteiger partial charge in [0.05, 0.1) is 0 Å². The third kappa shape index (κ3) is 4.35. The summed E-state index contributed by atoms with van der Waals surface area (Å²) in [5.41, 5.74) is 3.86. The van der Waals surface area contributed by atoms with Crippen molar-refractivity contribution in [1.82, 2.24) is 14.9 Å². The first-order valence-corrected chi connectivity index (χ1v) is 8.88. The van der Waals surface area contributed by atoms with Crippen LogP contribution in [0.1, 0.15) is 61.1 Å². The van der Waals surface area contributed by atoms with Gasteiger partial charge in [-0.1, -0.05) is 32.0 Å². The molecule has 1 aromatic carbocycles. The Kier molecular flexibility index (Phi) is 6.12. The van der Waals surface area contributed by atoms with Gasteiger partial charge in [-0.15, -0.1) is 0 Å². The normalized spacial score (nSPS) is 10.8. The maximum absolute atomic E-state index is 12.6. The van der Waals surface area contributed by atoms with E-state index in [-0.39, 0.29) is 5.91 Å². The summed E-state index contributed by atoms with van der Waals surface area (Å²) < 4.78 is 0. The third-order valence-electron chi connectivity index (χ3n) is 4.29. The molecule has 0 aliphatic carbocycles. The van der Waals surface area contributed by atoms with E-state index in [2.05, 4.69) is 54.3 Å². The van der Waals surface area contributed by atoms with Crippen LogP contribution in [-0.4, -0.2) is 33.9 Å². The minimum Gasteiger partial charge on any atom is -0.340 e. The van der Waals surface area contributed by atoms with Crippen molar-refractivity contribution in [3.8, 4) is 0 Å². The molecule has 1 aromatic heterocycles. The van der Waals surface area contributed by atoms with Crippen molar-refractivity contribution in [3.05, 3.63) is 46.9 Å². The van der Waals surface area contributed by atoms with Crippen molar-refractivity contribution < 1.29 is 4.79 Å². The van der Waals surface area contributed by atoms with E-state index in [1.165, 1.54) is 5.56 Å². The lowest BCUT2D eigenvalue weighted by Gasteiger charge is -2.20. The third-order valence-corrected chi connectivity index (χ3v) is 4.29. The topological polar surface area (TPSA) is 58.1 Å². The van der Waals surface area contributed by atoms with Gasteiger partial charge in [-0.05, 0) is 44.7 Å². The Balaban J connectivity index is 2.41. The minimum absolute atomic E-state index is 0.0626. The Morgan fingerprint density at radius 1 is 1.16 bits per heavy atom. The van der Waals surface area contributed by atoms with Crippen molar-refractivity contribution in [2.24, 2.45) is 0 Å². The lowest BCUT2D eigenvalue weighted by molar-refractivity contribution is 0.0766. The van der Waals surface area contributed by atoms with Crippen LogP contribution in [0.3, 0.4) is 0 Å². The zero-order valence-corrected chi connectivity index (χ0v) is 16.1. The van der Waals surface area contributed by atoms with E-state index < -0.39 is 0 Å². The average molecular weight is 340 g/mol. The molecule has 1 N–H and O–H groups in total. The number of amides is 1. The average Bonchev–Trinajstić information content (AvgIpc) is 2.57. The van der Waals surface area contributed by atoms with Crippen LogP contribution in [0.15, 0.2) is 24.3 Å². The number of benzene rings is 1. The van der Waals surface area contributed by atoms with E-state index in [1.54, 1.807) is 11.0 Å². The number of rotatable bonds is 6. The number of anilines is 2.